The number of anilines is 1. The summed E-state index contributed by atoms with van der Waals surface area (Å²) in [5, 5.41) is 0. The fraction of sp³-hybridized carbons (Fsp3) is 0.400. The molecule has 3 amide bonds. The SMILES string of the molecule is CCOC(=O)CN1C(=O)C2C(N=C3N(c4ccc(C(F)(F)F)cc4)C(C)=CN32)N(C)C1=O. The van der Waals surface area contributed by atoms with E-state index in [0.717, 1.165) is 17.0 Å². The number of carbonyl (C=O) groups is 3. The Morgan fingerprint density at radius 2 is 1.84 bits per heavy atom. The number of halogens is 3. The average molecular weight is 451 g/mol. The van der Waals surface area contributed by atoms with Crippen LogP contribution in [0.5, 0.6) is 0 Å². The van der Waals surface area contributed by atoms with Gasteiger partial charge in [0.05, 0.1) is 12.2 Å². The van der Waals surface area contributed by atoms with Gasteiger partial charge in [-0.05, 0) is 38.1 Å². The van der Waals surface area contributed by atoms with Crippen molar-refractivity contribution in [2.45, 2.75) is 32.2 Å². The molecule has 0 aromatic heterocycles. The molecule has 0 aliphatic carbocycles. The monoisotopic (exact) mass is 451 g/mol. The molecular formula is C20H20F3N5O4. The summed E-state index contributed by atoms with van der Waals surface area (Å²) in [5.74, 6) is -1.01. The Hall–Kier alpha value is -3.57. The number of urea groups is 1. The highest BCUT2D eigenvalue weighted by Gasteiger charge is 2.54. The van der Waals surface area contributed by atoms with Crippen LogP contribution in [-0.4, -0.2) is 71.0 Å². The predicted molar refractivity (Wildman–Crippen MR) is 106 cm³/mol. The number of likely N-dealkylation sites (N-methyl/N-ethyl adjacent to an activating group) is 1. The Balaban J connectivity index is 1.63. The second-order valence-corrected chi connectivity index (χ2v) is 7.47. The standard InChI is InChI=1S/C20H20F3N5O4/c1-4-32-14(29)10-27-17(30)15-16(25(3)19(27)31)24-18-26(15)9-11(2)28(18)13-7-5-12(6-8-13)20(21,22)23/h5-9,15-16H,4,10H2,1-3H3. The molecule has 1 saturated heterocycles. The van der Waals surface area contributed by atoms with Gasteiger partial charge in [0.1, 0.15) is 6.54 Å². The number of fused-ring (bicyclic) bond motifs is 3. The van der Waals surface area contributed by atoms with Gasteiger partial charge in [-0.15, -0.1) is 0 Å². The van der Waals surface area contributed by atoms with Crippen LogP contribution < -0.4 is 4.90 Å². The molecule has 0 saturated carbocycles. The van der Waals surface area contributed by atoms with Crippen molar-refractivity contribution in [3.8, 4) is 0 Å². The number of ether oxygens (including phenoxy) is 1. The maximum absolute atomic E-state index is 13.1. The number of rotatable bonds is 4. The number of imide groups is 1. The van der Waals surface area contributed by atoms with Crippen LogP contribution >= 0.6 is 0 Å². The summed E-state index contributed by atoms with van der Waals surface area (Å²) in [5.41, 5.74) is 0.277. The Kier molecular flexibility index (Phi) is 5.10. The Morgan fingerprint density at radius 1 is 1.19 bits per heavy atom. The fourth-order valence-electron chi connectivity index (χ4n) is 3.95. The minimum absolute atomic E-state index is 0.111. The van der Waals surface area contributed by atoms with E-state index < -0.39 is 48.4 Å². The van der Waals surface area contributed by atoms with Crippen molar-refractivity contribution in [1.29, 1.82) is 0 Å². The summed E-state index contributed by atoms with van der Waals surface area (Å²) in [7, 11) is 1.47. The number of aliphatic imine (C=N–C) groups is 1. The normalized spacial score (nSPS) is 22.7. The van der Waals surface area contributed by atoms with Gasteiger partial charge in [0.25, 0.3) is 5.91 Å². The maximum atomic E-state index is 13.1. The molecule has 0 spiro atoms. The first-order chi connectivity index (χ1) is 15.0. The van der Waals surface area contributed by atoms with Gasteiger partial charge in [-0.1, -0.05) is 0 Å². The molecule has 4 rings (SSSR count). The molecule has 1 aromatic rings. The summed E-state index contributed by atoms with van der Waals surface area (Å²) in [4.78, 5) is 47.5. The van der Waals surface area contributed by atoms with E-state index in [1.807, 2.05) is 0 Å². The van der Waals surface area contributed by atoms with Crippen LogP contribution in [-0.2, 0) is 20.5 Å². The predicted octanol–water partition coefficient (Wildman–Crippen LogP) is 2.21. The highest BCUT2D eigenvalue weighted by Crippen LogP contribution is 2.37. The highest BCUT2D eigenvalue weighted by molar-refractivity contribution is 6.10. The number of guanidine groups is 1. The van der Waals surface area contributed by atoms with Crippen LogP contribution in [0, 0.1) is 0 Å². The molecule has 0 N–H and O–H groups in total. The molecule has 1 fully saturated rings. The van der Waals surface area contributed by atoms with E-state index in [0.29, 0.717) is 17.3 Å². The van der Waals surface area contributed by atoms with Crippen LogP contribution in [0.4, 0.5) is 23.7 Å². The molecule has 12 heteroatoms. The van der Waals surface area contributed by atoms with Gasteiger partial charge >= 0.3 is 18.2 Å². The molecule has 2 atom stereocenters. The quantitative estimate of drug-likeness (QED) is 0.653. The zero-order valence-corrected chi connectivity index (χ0v) is 17.5. The largest absolute Gasteiger partial charge is 0.465 e. The lowest BCUT2D eigenvalue weighted by atomic mass is 10.1. The lowest BCUT2D eigenvalue weighted by Gasteiger charge is -2.39. The van der Waals surface area contributed by atoms with Crippen molar-refractivity contribution in [2.75, 3.05) is 25.1 Å². The number of hydrogen-bond acceptors (Lipinski definition) is 7. The Labute approximate surface area is 181 Å². The third-order valence-electron chi connectivity index (χ3n) is 5.43. The second kappa shape index (κ2) is 7.53. The molecule has 170 valence electrons. The van der Waals surface area contributed by atoms with Crippen LogP contribution in [0.3, 0.4) is 0 Å². The molecule has 3 heterocycles. The van der Waals surface area contributed by atoms with Crippen molar-refractivity contribution in [2.24, 2.45) is 4.99 Å². The molecule has 0 radical (unpaired) electrons. The summed E-state index contributed by atoms with van der Waals surface area (Å²) < 4.78 is 43.6. The smallest absolute Gasteiger partial charge is 0.416 e. The van der Waals surface area contributed by atoms with E-state index in [1.54, 1.807) is 29.8 Å². The molecule has 0 bridgehead atoms. The van der Waals surface area contributed by atoms with E-state index in [-0.39, 0.29) is 6.61 Å². The van der Waals surface area contributed by atoms with Crippen LogP contribution in [0.1, 0.15) is 19.4 Å². The molecular weight excluding hydrogens is 431 g/mol. The van der Waals surface area contributed by atoms with Crippen molar-refractivity contribution < 1.29 is 32.3 Å². The van der Waals surface area contributed by atoms with E-state index in [1.165, 1.54) is 24.1 Å². The molecule has 3 aliphatic rings. The Morgan fingerprint density at radius 3 is 2.44 bits per heavy atom. The van der Waals surface area contributed by atoms with Gasteiger partial charge in [-0.25, -0.2) is 9.79 Å². The Bertz CT molecular complexity index is 1040. The number of hydrogen-bond donors (Lipinski definition) is 0. The molecule has 3 aliphatic heterocycles. The molecule has 9 nitrogen and oxygen atoms in total. The summed E-state index contributed by atoms with van der Waals surface area (Å²) >= 11 is 0. The minimum atomic E-state index is -4.46. The second-order valence-electron chi connectivity index (χ2n) is 7.47. The van der Waals surface area contributed by atoms with Crippen LogP contribution in [0.15, 0.2) is 41.2 Å². The van der Waals surface area contributed by atoms with Gasteiger partial charge in [-0.3, -0.25) is 19.4 Å². The average Bonchev–Trinajstić information content (AvgIpc) is 3.24. The zero-order chi connectivity index (χ0) is 23.4. The van der Waals surface area contributed by atoms with Crippen molar-refractivity contribution >= 4 is 29.6 Å². The lowest BCUT2D eigenvalue weighted by molar-refractivity contribution is -0.150. The van der Waals surface area contributed by atoms with E-state index in [4.69, 9.17) is 4.74 Å². The van der Waals surface area contributed by atoms with Crippen LogP contribution in [0.2, 0.25) is 0 Å². The van der Waals surface area contributed by atoms with Crippen molar-refractivity contribution in [1.82, 2.24) is 14.7 Å². The van der Waals surface area contributed by atoms with Gasteiger partial charge in [-0.2, -0.15) is 13.2 Å². The number of carbonyl (C=O) groups excluding carboxylic acids is 3. The van der Waals surface area contributed by atoms with Gasteiger partial charge in [0, 0.05) is 24.6 Å². The van der Waals surface area contributed by atoms with E-state index >= 15 is 0 Å². The first kappa shape index (κ1) is 21.7. The van der Waals surface area contributed by atoms with Gasteiger partial charge < -0.3 is 14.5 Å². The number of esters is 1. The number of amides is 3. The van der Waals surface area contributed by atoms with Crippen molar-refractivity contribution in [3.63, 3.8) is 0 Å². The minimum Gasteiger partial charge on any atom is -0.465 e. The van der Waals surface area contributed by atoms with Gasteiger partial charge in [0.2, 0.25) is 5.96 Å². The molecule has 2 unspecified atom stereocenters. The number of allylic oxidation sites excluding steroid dienone is 1. The summed E-state index contributed by atoms with van der Waals surface area (Å²) in [6.07, 6.45) is -3.66. The summed E-state index contributed by atoms with van der Waals surface area (Å²) in [6.45, 7) is 2.94. The third kappa shape index (κ3) is 3.35. The summed E-state index contributed by atoms with van der Waals surface area (Å²) in [6, 6.07) is 2.98. The number of alkyl halides is 3. The third-order valence-corrected chi connectivity index (χ3v) is 5.43. The van der Waals surface area contributed by atoms with E-state index in [2.05, 4.69) is 4.99 Å². The molecule has 1 aromatic carbocycles. The molecule has 32 heavy (non-hydrogen) atoms. The lowest BCUT2D eigenvalue weighted by Crippen LogP contribution is -2.65. The number of benzene rings is 1. The fourth-order valence-corrected chi connectivity index (χ4v) is 3.95. The first-order valence-corrected chi connectivity index (χ1v) is 9.80. The highest BCUT2D eigenvalue weighted by atomic mass is 19.4. The maximum Gasteiger partial charge on any atom is 0.416 e. The number of nitrogens with zero attached hydrogens (tertiary/aromatic N) is 5. The zero-order valence-electron chi connectivity index (χ0n) is 17.5. The van der Waals surface area contributed by atoms with Gasteiger partial charge in [0.15, 0.2) is 12.2 Å². The first-order valence-electron chi connectivity index (χ1n) is 9.80. The van der Waals surface area contributed by atoms with Crippen LogP contribution in [0.25, 0.3) is 0 Å². The van der Waals surface area contributed by atoms with Crippen molar-refractivity contribution in [3.05, 3.63) is 41.7 Å². The van der Waals surface area contributed by atoms with E-state index in [9.17, 15) is 27.6 Å². The topological polar surface area (TPSA) is 85.8 Å².